The molecule has 5 rings (SSSR count). The molecule has 0 N–H and O–H groups in total. The molecule has 0 fully saturated rings. The molecule has 4 nitrogen and oxygen atoms in total. The fourth-order valence-corrected chi connectivity index (χ4v) is 3.90. The number of ketones is 1. The standard InChI is InChI=1S/C26H20FNO3/c1-16-23(30-15-17-7-9-19(27)10-8-17)12-11-21-25(29)24(31-26(16)21)13-18-14-28(2)22-6-4-3-5-20(18)22/h3-14H,15H2,1-2H3. The van der Waals surface area contributed by atoms with Crippen LogP contribution in [0.15, 0.2) is 72.6 Å². The van der Waals surface area contributed by atoms with Gasteiger partial charge in [-0.1, -0.05) is 30.3 Å². The Hall–Kier alpha value is -3.86. The molecule has 0 saturated heterocycles. The number of nitrogens with zero attached hydrogens (tertiary/aromatic N) is 1. The van der Waals surface area contributed by atoms with Gasteiger partial charge in [0.15, 0.2) is 5.76 Å². The minimum atomic E-state index is -0.283. The first-order valence-corrected chi connectivity index (χ1v) is 10.0. The average Bonchev–Trinajstić information content (AvgIpc) is 3.27. The largest absolute Gasteiger partial charge is 0.488 e. The summed E-state index contributed by atoms with van der Waals surface area (Å²) in [5, 5.41) is 1.06. The number of carbonyl (C=O) groups excluding carboxylic acids is 1. The van der Waals surface area contributed by atoms with E-state index in [-0.39, 0.29) is 11.6 Å². The van der Waals surface area contributed by atoms with E-state index in [9.17, 15) is 9.18 Å². The molecular formula is C26H20FNO3. The van der Waals surface area contributed by atoms with E-state index in [1.54, 1.807) is 30.3 Å². The molecular weight excluding hydrogens is 393 g/mol. The summed E-state index contributed by atoms with van der Waals surface area (Å²) in [6.07, 6.45) is 3.78. The lowest BCUT2D eigenvalue weighted by Crippen LogP contribution is -1.98. The molecule has 2 heterocycles. The molecule has 4 aromatic rings. The van der Waals surface area contributed by atoms with E-state index in [0.29, 0.717) is 29.4 Å². The van der Waals surface area contributed by atoms with Gasteiger partial charge < -0.3 is 14.0 Å². The highest BCUT2D eigenvalue weighted by atomic mass is 19.1. The lowest BCUT2D eigenvalue weighted by atomic mass is 10.1. The smallest absolute Gasteiger partial charge is 0.231 e. The maximum Gasteiger partial charge on any atom is 0.231 e. The fourth-order valence-electron chi connectivity index (χ4n) is 3.90. The number of para-hydroxylation sites is 1. The number of hydrogen-bond donors (Lipinski definition) is 0. The van der Waals surface area contributed by atoms with Gasteiger partial charge in [0, 0.05) is 35.3 Å². The second kappa shape index (κ2) is 7.43. The number of halogens is 1. The zero-order valence-corrected chi connectivity index (χ0v) is 17.2. The SMILES string of the molecule is Cc1c(OCc2ccc(F)cc2)ccc2c1OC(=Cc1cn(C)c3ccccc13)C2=O. The van der Waals surface area contributed by atoms with Crippen molar-refractivity contribution in [3.63, 3.8) is 0 Å². The fraction of sp³-hybridized carbons (Fsp3) is 0.115. The van der Waals surface area contributed by atoms with Gasteiger partial charge in [-0.15, -0.1) is 0 Å². The molecule has 0 aliphatic carbocycles. The quantitative estimate of drug-likeness (QED) is 0.396. The topological polar surface area (TPSA) is 40.5 Å². The average molecular weight is 413 g/mol. The molecule has 0 saturated carbocycles. The van der Waals surface area contributed by atoms with Crippen LogP contribution in [0.2, 0.25) is 0 Å². The number of carbonyl (C=O) groups is 1. The van der Waals surface area contributed by atoms with E-state index < -0.39 is 0 Å². The molecule has 3 aromatic carbocycles. The molecule has 5 heteroatoms. The van der Waals surface area contributed by atoms with E-state index in [0.717, 1.165) is 27.6 Å². The maximum absolute atomic E-state index is 13.1. The Morgan fingerprint density at radius 2 is 1.84 bits per heavy atom. The van der Waals surface area contributed by atoms with Gasteiger partial charge in [-0.2, -0.15) is 0 Å². The molecule has 1 aliphatic rings. The predicted molar refractivity (Wildman–Crippen MR) is 118 cm³/mol. The number of Topliss-reactive ketones (excluding diaryl/α,β-unsaturated/α-hetero) is 1. The van der Waals surface area contributed by atoms with Crippen LogP contribution in [0.4, 0.5) is 4.39 Å². The van der Waals surface area contributed by atoms with E-state index in [1.807, 2.05) is 49.0 Å². The second-order valence-corrected chi connectivity index (χ2v) is 7.63. The first-order valence-electron chi connectivity index (χ1n) is 10.0. The van der Waals surface area contributed by atoms with Crippen molar-refractivity contribution in [3.8, 4) is 11.5 Å². The highest BCUT2D eigenvalue weighted by molar-refractivity contribution is 6.15. The monoisotopic (exact) mass is 413 g/mol. The van der Waals surface area contributed by atoms with Crippen molar-refractivity contribution in [2.75, 3.05) is 0 Å². The van der Waals surface area contributed by atoms with Crippen LogP contribution < -0.4 is 9.47 Å². The summed E-state index contributed by atoms with van der Waals surface area (Å²) in [4.78, 5) is 12.9. The third-order valence-electron chi connectivity index (χ3n) is 5.56. The Morgan fingerprint density at radius 1 is 1.06 bits per heavy atom. The van der Waals surface area contributed by atoms with Crippen LogP contribution in [-0.2, 0) is 13.7 Å². The molecule has 154 valence electrons. The van der Waals surface area contributed by atoms with Gasteiger partial charge in [0.05, 0.1) is 5.56 Å². The Bertz CT molecular complexity index is 1350. The van der Waals surface area contributed by atoms with Gasteiger partial charge in [-0.3, -0.25) is 4.79 Å². The summed E-state index contributed by atoms with van der Waals surface area (Å²) in [7, 11) is 1.98. The Labute approximate surface area is 179 Å². The molecule has 0 bridgehead atoms. The lowest BCUT2D eigenvalue weighted by Gasteiger charge is -2.11. The summed E-state index contributed by atoms with van der Waals surface area (Å²) in [6.45, 7) is 2.17. The molecule has 0 spiro atoms. The molecule has 0 amide bonds. The van der Waals surface area contributed by atoms with Crippen molar-refractivity contribution < 1.29 is 18.7 Å². The van der Waals surface area contributed by atoms with Crippen LogP contribution >= 0.6 is 0 Å². The van der Waals surface area contributed by atoms with Crippen molar-refractivity contribution >= 4 is 22.8 Å². The number of aryl methyl sites for hydroxylation is 1. The van der Waals surface area contributed by atoms with Gasteiger partial charge in [0.2, 0.25) is 5.78 Å². The van der Waals surface area contributed by atoms with Gasteiger partial charge in [-0.25, -0.2) is 4.39 Å². The van der Waals surface area contributed by atoms with Crippen molar-refractivity contribution in [2.45, 2.75) is 13.5 Å². The minimum absolute atomic E-state index is 0.142. The lowest BCUT2D eigenvalue weighted by molar-refractivity contribution is 0.101. The number of ether oxygens (including phenoxy) is 2. The van der Waals surface area contributed by atoms with Gasteiger partial charge in [0.25, 0.3) is 0 Å². The Kier molecular flexibility index (Phi) is 4.59. The summed E-state index contributed by atoms with van der Waals surface area (Å²) >= 11 is 0. The van der Waals surface area contributed by atoms with E-state index >= 15 is 0 Å². The number of aromatic nitrogens is 1. The molecule has 0 unspecified atom stereocenters. The van der Waals surface area contributed by atoms with Crippen molar-refractivity contribution in [2.24, 2.45) is 7.05 Å². The first kappa shape index (κ1) is 19.1. The van der Waals surface area contributed by atoms with Gasteiger partial charge >= 0.3 is 0 Å². The van der Waals surface area contributed by atoms with Crippen LogP contribution in [0.1, 0.15) is 27.0 Å². The number of rotatable bonds is 4. The number of fused-ring (bicyclic) bond motifs is 2. The zero-order valence-electron chi connectivity index (χ0n) is 17.2. The minimum Gasteiger partial charge on any atom is -0.488 e. The highest BCUT2D eigenvalue weighted by Gasteiger charge is 2.30. The van der Waals surface area contributed by atoms with Crippen LogP contribution in [0.3, 0.4) is 0 Å². The number of benzene rings is 3. The Balaban J connectivity index is 1.43. The van der Waals surface area contributed by atoms with Gasteiger partial charge in [0.1, 0.15) is 23.9 Å². The summed E-state index contributed by atoms with van der Waals surface area (Å²) in [6, 6.07) is 17.7. The summed E-state index contributed by atoms with van der Waals surface area (Å²) in [5.74, 6) is 1.02. The molecule has 0 radical (unpaired) electrons. The highest BCUT2D eigenvalue weighted by Crippen LogP contribution is 2.40. The molecule has 1 aromatic heterocycles. The third kappa shape index (κ3) is 3.38. The van der Waals surface area contributed by atoms with E-state index in [2.05, 4.69) is 0 Å². The molecule has 1 aliphatic heterocycles. The third-order valence-corrected chi connectivity index (χ3v) is 5.56. The van der Waals surface area contributed by atoms with Crippen molar-refractivity contribution in [3.05, 3.63) is 101 Å². The predicted octanol–water partition coefficient (Wildman–Crippen LogP) is 5.82. The Morgan fingerprint density at radius 3 is 2.65 bits per heavy atom. The van der Waals surface area contributed by atoms with Crippen LogP contribution in [0.5, 0.6) is 11.5 Å². The summed E-state index contributed by atoms with van der Waals surface area (Å²) in [5.41, 5.74) is 4.16. The second-order valence-electron chi connectivity index (χ2n) is 7.63. The van der Waals surface area contributed by atoms with Crippen molar-refractivity contribution in [1.82, 2.24) is 4.57 Å². The normalized spacial score (nSPS) is 14.2. The molecule has 31 heavy (non-hydrogen) atoms. The zero-order chi connectivity index (χ0) is 21.5. The van der Waals surface area contributed by atoms with Crippen LogP contribution in [-0.4, -0.2) is 10.4 Å². The summed E-state index contributed by atoms with van der Waals surface area (Å²) < 4.78 is 27.0. The van der Waals surface area contributed by atoms with Crippen LogP contribution in [0.25, 0.3) is 17.0 Å². The van der Waals surface area contributed by atoms with Crippen LogP contribution in [0, 0.1) is 12.7 Å². The first-order chi connectivity index (χ1) is 15.0. The maximum atomic E-state index is 13.1. The number of hydrogen-bond acceptors (Lipinski definition) is 3. The molecule has 0 atom stereocenters. The van der Waals surface area contributed by atoms with E-state index in [4.69, 9.17) is 9.47 Å². The van der Waals surface area contributed by atoms with E-state index in [1.165, 1.54) is 12.1 Å². The van der Waals surface area contributed by atoms with Gasteiger partial charge in [-0.05, 0) is 48.9 Å². The number of allylic oxidation sites excluding steroid dienone is 1. The van der Waals surface area contributed by atoms with Crippen molar-refractivity contribution in [1.29, 1.82) is 0 Å².